The molecule has 1 unspecified atom stereocenters. The molecule has 0 saturated carbocycles. The van der Waals surface area contributed by atoms with Crippen LogP contribution in [0.3, 0.4) is 0 Å². The van der Waals surface area contributed by atoms with E-state index in [1.54, 1.807) is 0 Å². The third-order valence-corrected chi connectivity index (χ3v) is 1.63. The van der Waals surface area contributed by atoms with E-state index in [1.165, 1.54) is 6.42 Å². The molecule has 0 bridgehead atoms. The van der Waals surface area contributed by atoms with Gasteiger partial charge in [-0.2, -0.15) is 0 Å². The fourth-order valence-electron chi connectivity index (χ4n) is 1.25. The van der Waals surface area contributed by atoms with Crippen LogP contribution in [-0.4, -0.2) is 37.7 Å². The van der Waals surface area contributed by atoms with E-state index in [1.807, 2.05) is 6.92 Å². The molecule has 0 aliphatic heterocycles. The highest BCUT2D eigenvalue weighted by Gasteiger charge is 2.03. The van der Waals surface area contributed by atoms with Crippen LogP contribution in [0.5, 0.6) is 0 Å². The summed E-state index contributed by atoms with van der Waals surface area (Å²) < 4.78 is 5.42. The molecule has 0 heterocycles. The summed E-state index contributed by atoms with van der Waals surface area (Å²) in [4.78, 5) is 2.31. The second-order valence-corrected chi connectivity index (χ2v) is 3.03. The van der Waals surface area contributed by atoms with E-state index in [0.717, 1.165) is 19.7 Å². The molecule has 68 valence electrons. The summed E-state index contributed by atoms with van der Waals surface area (Å²) in [7, 11) is 2.14. The van der Waals surface area contributed by atoms with Crippen molar-refractivity contribution >= 4 is 0 Å². The van der Waals surface area contributed by atoms with Crippen molar-refractivity contribution in [2.45, 2.75) is 33.3 Å². The van der Waals surface area contributed by atoms with Crippen molar-refractivity contribution in [2.75, 3.05) is 26.7 Å². The average Bonchev–Trinajstić information content (AvgIpc) is 1.87. The molecule has 0 aliphatic carbocycles. The molecular formula is C9H21NO. The number of rotatable bonds is 6. The second kappa shape index (κ2) is 6.62. The summed E-state index contributed by atoms with van der Waals surface area (Å²) in [6.07, 6.45) is 1.59. The smallest absolute Gasteiger partial charge is 0.0673 e. The first-order valence-electron chi connectivity index (χ1n) is 4.50. The molecule has 0 aromatic rings. The number of likely N-dealkylation sites (N-methyl/N-ethyl adjacent to an activating group) is 1. The lowest BCUT2D eigenvalue weighted by Gasteiger charge is -2.20. The van der Waals surface area contributed by atoms with Gasteiger partial charge in [-0.1, -0.05) is 6.92 Å². The van der Waals surface area contributed by atoms with Crippen molar-refractivity contribution in [3.05, 3.63) is 0 Å². The standard InChI is InChI=1S/C9H21NO/c1-5-7-10(4)8-9(3)11-6-2/h9H,5-8H2,1-4H3. The molecule has 0 saturated heterocycles. The first-order valence-corrected chi connectivity index (χ1v) is 4.50. The molecule has 0 rings (SSSR count). The maximum Gasteiger partial charge on any atom is 0.0673 e. The Morgan fingerprint density at radius 2 is 2.00 bits per heavy atom. The van der Waals surface area contributed by atoms with Gasteiger partial charge in [0.15, 0.2) is 0 Å². The predicted molar refractivity (Wildman–Crippen MR) is 48.9 cm³/mol. The molecule has 0 fully saturated rings. The van der Waals surface area contributed by atoms with E-state index in [4.69, 9.17) is 4.74 Å². The highest BCUT2D eigenvalue weighted by Crippen LogP contribution is 1.94. The summed E-state index contributed by atoms with van der Waals surface area (Å²) in [5.74, 6) is 0. The lowest BCUT2D eigenvalue weighted by molar-refractivity contribution is 0.0520. The number of hydrogen-bond donors (Lipinski definition) is 0. The fourth-order valence-corrected chi connectivity index (χ4v) is 1.25. The summed E-state index contributed by atoms with van der Waals surface area (Å²) in [6, 6.07) is 0. The molecule has 0 aromatic carbocycles. The van der Waals surface area contributed by atoms with Gasteiger partial charge in [-0.15, -0.1) is 0 Å². The number of hydrogen-bond acceptors (Lipinski definition) is 2. The largest absolute Gasteiger partial charge is 0.377 e. The van der Waals surface area contributed by atoms with Crippen molar-refractivity contribution in [1.82, 2.24) is 4.90 Å². The highest BCUT2D eigenvalue weighted by molar-refractivity contribution is 4.56. The SMILES string of the molecule is CCCN(C)CC(C)OCC. The molecule has 0 N–H and O–H groups in total. The van der Waals surface area contributed by atoms with E-state index >= 15 is 0 Å². The van der Waals surface area contributed by atoms with Crippen LogP contribution in [0.25, 0.3) is 0 Å². The van der Waals surface area contributed by atoms with Crippen LogP contribution < -0.4 is 0 Å². The lowest BCUT2D eigenvalue weighted by Crippen LogP contribution is -2.29. The quantitative estimate of drug-likeness (QED) is 0.585. The second-order valence-electron chi connectivity index (χ2n) is 3.03. The molecule has 2 nitrogen and oxygen atoms in total. The monoisotopic (exact) mass is 159 g/mol. The van der Waals surface area contributed by atoms with Crippen LogP contribution in [0.2, 0.25) is 0 Å². The zero-order valence-corrected chi connectivity index (χ0v) is 8.26. The Labute approximate surface area is 70.5 Å². The van der Waals surface area contributed by atoms with Gasteiger partial charge in [-0.05, 0) is 33.9 Å². The Balaban J connectivity index is 3.32. The first-order chi connectivity index (χ1) is 5.20. The van der Waals surface area contributed by atoms with Crippen LogP contribution in [0.4, 0.5) is 0 Å². The molecule has 0 spiro atoms. The Bertz CT molecular complexity index is 75.6. The third-order valence-electron chi connectivity index (χ3n) is 1.63. The van der Waals surface area contributed by atoms with Gasteiger partial charge in [0.25, 0.3) is 0 Å². The van der Waals surface area contributed by atoms with Gasteiger partial charge in [-0.3, -0.25) is 0 Å². The Morgan fingerprint density at radius 1 is 1.36 bits per heavy atom. The Kier molecular flexibility index (Phi) is 6.57. The molecule has 1 atom stereocenters. The maximum atomic E-state index is 5.42. The van der Waals surface area contributed by atoms with Gasteiger partial charge in [0.1, 0.15) is 0 Å². The highest BCUT2D eigenvalue weighted by atomic mass is 16.5. The maximum absolute atomic E-state index is 5.42. The minimum atomic E-state index is 0.372. The van der Waals surface area contributed by atoms with Crippen molar-refractivity contribution in [1.29, 1.82) is 0 Å². The van der Waals surface area contributed by atoms with Crippen LogP contribution in [0, 0.1) is 0 Å². The normalized spacial score (nSPS) is 13.9. The average molecular weight is 159 g/mol. The van der Waals surface area contributed by atoms with Crippen molar-refractivity contribution in [3.8, 4) is 0 Å². The molecule has 0 amide bonds. The third kappa shape index (κ3) is 6.32. The molecule has 0 radical (unpaired) electrons. The number of ether oxygens (including phenoxy) is 1. The molecule has 0 aromatic heterocycles. The van der Waals surface area contributed by atoms with E-state index in [-0.39, 0.29) is 0 Å². The zero-order chi connectivity index (χ0) is 8.69. The van der Waals surface area contributed by atoms with Gasteiger partial charge in [-0.25, -0.2) is 0 Å². The topological polar surface area (TPSA) is 12.5 Å². The number of nitrogens with zero attached hydrogens (tertiary/aromatic N) is 1. The summed E-state index contributed by atoms with van der Waals surface area (Å²) in [6.45, 7) is 9.38. The molecule has 0 aliphatic rings. The van der Waals surface area contributed by atoms with E-state index in [0.29, 0.717) is 6.10 Å². The summed E-state index contributed by atoms with van der Waals surface area (Å²) in [5.41, 5.74) is 0. The van der Waals surface area contributed by atoms with Gasteiger partial charge in [0.05, 0.1) is 6.10 Å². The zero-order valence-electron chi connectivity index (χ0n) is 8.26. The van der Waals surface area contributed by atoms with Crippen LogP contribution in [-0.2, 0) is 4.74 Å². The summed E-state index contributed by atoms with van der Waals surface area (Å²) >= 11 is 0. The van der Waals surface area contributed by atoms with Crippen molar-refractivity contribution < 1.29 is 4.74 Å². The van der Waals surface area contributed by atoms with Crippen LogP contribution in [0.1, 0.15) is 27.2 Å². The van der Waals surface area contributed by atoms with Crippen molar-refractivity contribution in [2.24, 2.45) is 0 Å². The van der Waals surface area contributed by atoms with Gasteiger partial charge in [0, 0.05) is 13.2 Å². The van der Waals surface area contributed by atoms with Gasteiger partial charge in [0.2, 0.25) is 0 Å². The predicted octanol–water partition coefficient (Wildman–Crippen LogP) is 1.75. The Morgan fingerprint density at radius 3 is 2.45 bits per heavy atom. The van der Waals surface area contributed by atoms with Gasteiger partial charge >= 0.3 is 0 Å². The lowest BCUT2D eigenvalue weighted by atomic mass is 10.3. The van der Waals surface area contributed by atoms with Crippen LogP contribution >= 0.6 is 0 Å². The minimum Gasteiger partial charge on any atom is -0.377 e. The van der Waals surface area contributed by atoms with Crippen molar-refractivity contribution in [3.63, 3.8) is 0 Å². The minimum absolute atomic E-state index is 0.372. The van der Waals surface area contributed by atoms with E-state index in [2.05, 4.69) is 25.8 Å². The van der Waals surface area contributed by atoms with E-state index in [9.17, 15) is 0 Å². The van der Waals surface area contributed by atoms with Gasteiger partial charge < -0.3 is 9.64 Å². The molecular weight excluding hydrogens is 138 g/mol. The first kappa shape index (κ1) is 10.9. The fraction of sp³-hybridized carbons (Fsp3) is 1.00. The molecule has 11 heavy (non-hydrogen) atoms. The molecule has 2 heteroatoms. The van der Waals surface area contributed by atoms with E-state index < -0.39 is 0 Å². The summed E-state index contributed by atoms with van der Waals surface area (Å²) in [5, 5.41) is 0. The van der Waals surface area contributed by atoms with Crippen LogP contribution in [0.15, 0.2) is 0 Å². The Hall–Kier alpha value is -0.0800.